The second-order valence-corrected chi connectivity index (χ2v) is 4.13. The molecule has 0 bridgehead atoms. The average Bonchev–Trinajstić information content (AvgIpc) is 3.10. The summed E-state index contributed by atoms with van der Waals surface area (Å²) in [4.78, 5) is 17.8. The van der Waals surface area contributed by atoms with Gasteiger partial charge in [-0.05, 0) is 31.9 Å². The number of anilines is 1. The minimum Gasteiger partial charge on any atom is -0.350 e. The molecule has 0 aromatic carbocycles. The summed E-state index contributed by atoms with van der Waals surface area (Å²) in [5.41, 5.74) is 0.722. The minimum atomic E-state index is 0.0815. The first-order chi connectivity index (χ1) is 7.72. The van der Waals surface area contributed by atoms with Gasteiger partial charge in [0.15, 0.2) is 5.78 Å². The van der Waals surface area contributed by atoms with Gasteiger partial charge in [0.1, 0.15) is 5.82 Å². The SMILES string of the molecule is C=CCN(c1cc(C(C)=O)ccn1)C1CC1. The zero-order chi connectivity index (χ0) is 11.5. The second-order valence-electron chi connectivity index (χ2n) is 4.13. The molecule has 0 radical (unpaired) electrons. The Morgan fingerprint density at radius 1 is 1.69 bits per heavy atom. The number of ketones is 1. The van der Waals surface area contributed by atoms with E-state index in [1.165, 1.54) is 12.8 Å². The number of nitrogens with zero attached hydrogens (tertiary/aromatic N) is 2. The highest BCUT2D eigenvalue weighted by molar-refractivity contribution is 5.94. The first kappa shape index (κ1) is 10.9. The van der Waals surface area contributed by atoms with Gasteiger partial charge in [0.05, 0.1) is 0 Å². The van der Waals surface area contributed by atoms with Crippen LogP contribution in [0.25, 0.3) is 0 Å². The van der Waals surface area contributed by atoms with E-state index in [0.717, 1.165) is 17.9 Å². The van der Waals surface area contributed by atoms with E-state index in [4.69, 9.17) is 0 Å². The van der Waals surface area contributed by atoms with Gasteiger partial charge in [-0.15, -0.1) is 6.58 Å². The number of aromatic nitrogens is 1. The standard InChI is InChI=1S/C13H16N2O/c1-3-8-15(12-4-5-12)13-9-11(10(2)16)6-7-14-13/h3,6-7,9,12H,1,4-5,8H2,2H3. The highest BCUT2D eigenvalue weighted by atomic mass is 16.1. The summed E-state index contributed by atoms with van der Waals surface area (Å²) in [7, 11) is 0. The highest BCUT2D eigenvalue weighted by Crippen LogP contribution is 2.30. The second kappa shape index (κ2) is 4.47. The Hall–Kier alpha value is -1.64. The van der Waals surface area contributed by atoms with Crippen LogP contribution in [0, 0.1) is 0 Å². The van der Waals surface area contributed by atoms with E-state index in [9.17, 15) is 4.79 Å². The van der Waals surface area contributed by atoms with Crippen LogP contribution in [0.2, 0.25) is 0 Å². The first-order valence-electron chi connectivity index (χ1n) is 5.57. The Balaban J connectivity index is 2.25. The number of hydrogen-bond acceptors (Lipinski definition) is 3. The average molecular weight is 216 g/mol. The van der Waals surface area contributed by atoms with Crippen molar-refractivity contribution >= 4 is 11.6 Å². The largest absolute Gasteiger partial charge is 0.350 e. The maximum atomic E-state index is 11.3. The monoisotopic (exact) mass is 216 g/mol. The van der Waals surface area contributed by atoms with E-state index >= 15 is 0 Å². The van der Waals surface area contributed by atoms with Crippen molar-refractivity contribution in [1.82, 2.24) is 4.98 Å². The smallest absolute Gasteiger partial charge is 0.159 e. The lowest BCUT2D eigenvalue weighted by Crippen LogP contribution is -2.26. The summed E-state index contributed by atoms with van der Waals surface area (Å²) in [6.45, 7) is 6.13. The molecule has 0 spiro atoms. The van der Waals surface area contributed by atoms with Crippen LogP contribution in [-0.2, 0) is 0 Å². The molecule has 16 heavy (non-hydrogen) atoms. The van der Waals surface area contributed by atoms with Crippen molar-refractivity contribution in [2.24, 2.45) is 0 Å². The van der Waals surface area contributed by atoms with E-state index in [-0.39, 0.29) is 5.78 Å². The summed E-state index contributed by atoms with van der Waals surface area (Å²) < 4.78 is 0. The summed E-state index contributed by atoms with van der Waals surface area (Å²) in [5, 5.41) is 0. The summed E-state index contributed by atoms with van der Waals surface area (Å²) >= 11 is 0. The van der Waals surface area contributed by atoms with Gasteiger partial charge < -0.3 is 4.90 Å². The van der Waals surface area contributed by atoms with Gasteiger partial charge in [-0.2, -0.15) is 0 Å². The number of hydrogen-bond donors (Lipinski definition) is 0. The lowest BCUT2D eigenvalue weighted by molar-refractivity contribution is 0.101. The van der Waals surface area contributed by atoms with Crippen molar-refractivity contribution in [2.75, 3.05) is 11.4 Å². The summed E-state index contributed by atoms with van der Waals surface area (Å²) in [6.07, 6.45) is 5.99. The maximum absolute atomic E-state index is 11.3. The molecule has 1 heterocycles. The fraction of sp³-hybridized carbons (Fsp3) is 0.385. The summed E-state index contributed by atoms with van der Waals surface area (Å²) in [5.74, 6) is 0.966. The molecule has 0 unspecified atom stereocenters. The van der Waals surface area contributed by atoms with Crippen molar-refractivity contribution < 1.29 is 4.79 Å². The van der Waals surface area contributed by atoms with E-state index in [2.05, 4.69) is 16.5 Å². The zero-order valence-corrected chi connectivity index (χ0v) is 9.52. The molecule has 0 amide bonds. The molecule has 1 fully saturated rings. The topological polar surface area (TPSA) is 33.2 Å². The molecule has 0 saturated heterocycles. The van der Waals surface area contributed by atoms with Crippen molar-refractivity contribution in [2.45, 2.75) is 25.8 Å². The fourth-order valence-corrected chi connectivity index (χ4v) is 1.75. The Bertz CT molecular complexity index is 410. The van der Waals surface area contributed by atoms with Crippen LogP contribution in [0.4, 0.5) is 5.82 Å². The zero-order valence-electron chi connectivity index (χ0n) is 9.52. The van der Waals surface area contributed by atoms with Crippen LogP contribution in [0.15, 0.2) is 31.0 Å². The molecular weight excluding hydrogens is 200 g/mol. The predicted octanol–water partition coefficient (Wildman–Crippen LogP) is 2.44. The summed E-state index contributed by atoms with van der Waals surface area (Å²) in [6, 6.07) is 4.20. The molecule has 84 valence electrons. The van der Waals surface area contributed by atoms with Gasteiger partial charge in [-0.25, -0.2) is 4.98 Å². The minimum absolute atomic E-state index is 0.0815. The number of rotatable bonds is 5. The quantitative estimate of drug-likeness (QED) is 0.560. The Morgan fingerprint density at radius 3 is 3.00 bits per heavy atom. The maximum Gasteiger partial charge on any atom is 0.159 e. The van der Waals surface area contributed by atoms with Crippen LogP contribution in [0.1, 0.15) is 30.1 Å². The number of pyridine rings is 1. The normalized spacial score (nSPS) is 14.6. The van der Waals surface area contributed by atoms with Gasteiger partial charge in [0, 0.05) is 24.3 Å². The molecule has 1 aliphatic rings. The van der Waals surface area contributed by atoms with Gasteiger partial charge in [-0.1, -0.05) is 6.08 Å². The van der Waals surface area contributed by atoms with Crippen molar-refractivity contribution in [1.29, 1.82) is 0 Å². The lowest BCUT2D eigenvalue weighted by Gasteiger charge is -2.21. The van der Waals surface area contributed by atoms with Crippen molar-refractivity contribution in [3.05, 3.63) is 36.5 Å². The third kappa shape index (κ3) is 2.30. The Kier molecular flexibility index (Phi) is 3.04. The van der Waals surface area contributed by atoms with Crippen LogP contribution in [0.3, 0.4) is 0 Å². The van der Waals surface area contributed by atoms with Crippen LogP contribution in [0.5, 0.6) is 0 Å². The van der Waals surface area contributed by atoms with Crippen LogP contribution >= 0.6 is 0 Å². The molecule has 3 heteroatoms. The van der Waals surface area contributed by atoms with E-state index in [1.54, 1.807) is 19.2 Å². The van der Waals surface area contributed by atoms with Gasteiger partial charge in [0.2, 0.25) is 0 Å². The van der Waals surface area contributed by atoms with Gasteiger partial charge in [0.25, 0.3) is 0 Å². The number of carbonyl (C=O) groups excluding carboxylic acids is 1. The molecule has 1 saturated carbocycles. The Labute approximate surface area is 95.8 Å². The van der Waals surface area contributed by atoms with Crippen LogP contribution in [-0.4, -0.2) is 23.4 Å². The molecule has 3 nitrogen and oxygen atoms in total. The Morgan fingerprint density at radius 2 is 2.44 bits per heavy atom. The number of carbonyl (C=O) groups is 1. The molecule has 1 aromatic heterocycles. The van der Waals surface area contributed by atoms with E-state index in [0.29, 0.717) is 6.04 Å². The van der Waals surface area contributed by atoms with E-state index in [1.807, 2.05) is 12.1 Å². The first-order valence-corrected chi connectivity index (χ1v) is 5.57. The fourth-order valence-electron chi connectivity index (χ4n) is 1.75. The molecular formula is C13H16N2O. The van der Waals surface area contributed by atoms with Gasteiger partial charge >= 0.3 is 0 Å². The molecule has 2 rings (SSSR count). The molecule has 1 aliphatic carbocycles. The lowest BCUT2D eigenvalue weighted by atomic mass is 10.2. The molecule has 1 aromatic rings. The highest BCUT2D eigenvalue weighted by Gasteiger charge is 2.29. The molecule has 0 atom stereocenters. The number of Topliss-reactive ketones (excluding diaryl/α,β-unsaturated/α-hetero) is 1. The van der Waals surface area contributed by atoms with Gasteiger partial charge in [-0.3, -0.25) is 4.79 Å². The van der Waals surface area contributed by atoms with Crippen molar-refractivity contribution in [3.63, 3.8) is 0 Å². The molecule has 0 aliphatic heterocycles. The van der Waals surface area contributed by atoms with Crippen LogP contribution < -0.4 is 4.90 Å². The molecule has 0 N–H and O–H groups in total. The predicted molar refractivity (Wildman–Crippen MR) is 64.8 cm³/mol. The third-order valence-electron chi connectivity index (χ3n) is 2.76. The van der Waals surface area contributed by atoms with Crippen molar-refractivity contribution in [3.8, 4) is 0 Å². The third-order valence-corrected chi connectivity index (χ3v) is 2.76. The van der Waals surface area contributed by atoms with E-state index < -0.39 is 0 Å².